The van der Waals surface area contributed by atoms with Gasteiger partial charge < -0.3 is 10.4 Å². The molecule has 0 aromatic rings. The van der Waals surface area contributed by atoms with Gasteiger partial charge in [0.2, 0.25) is 5.91 Å². The van der Waals surface area contributed by atoms with Crippen LogP contribution in [0.15, 0.2) is 0 Å². The standard InChI is InChI=1S/C6H10N2O6/c1-4(9)7-5(14-8(12)13)2-3-6(10)11/h5H,2-3H2,1H3,(H,7,9)(H,10,11). The summed E-state index contributed by atoms with van der Waals surface area (Å²) in [6.45, 7) is 1.15. The minimum atomic E-state index is -1.21. The molecule has 14 heavy (non-hydrogen) atoms. The van der Waals surface area contributed by atoms with Gasteiger partial charge in [0.15, 0.2) is 6.23 Å². The summed E-state index contributed by atoms with van der Waals surface area (Å²) in [4.78, 5) is 34.6. The zero-order chi connectivity index (χ0) is 11.1. The fourth-order valence-electron chi connectivity index (χ4n) is 0.736. The van der Waals surface area contributed by atoms with E-state index in [4.69, 9.17) is 5.11 Å². The van der Waals surface area contributed by atoms with Gasteiger partial charge in [0.05, 0.1) is 0 Å². The second-order valence-corrected chi connectivity index (χ2v) is 2.45. The van der Waals surface area contributed by atoms with E-state index in [0.29, 0.717) is 0 Å². The molecule has 0 aromatic carbocycles. The summed E-state index contributed by atoms with van der Waals surface area (Å²) in [6, 6.07) is 0. The average Bonchev–Trinajstić information content (AvgIpc) is 1.97. The highest BCUT2D eigenvalue weighted by Gasteiger charge is 2.15. The fourth-order valence-corrected chi connectivity index (χ4v) is 0.736. The zero-order valence-electron chi connectivity index (χ0n) is 7.43. The van der Waals surface area contributed by atoms with E-state index >= 15 is 0 Å². The molecule has 0 spiro atoms. The Bertz CT molecular complexity index is 224. The molecule has 0 saturated carbocycles. The summed E-state index contributed by atoms with van der Waals surface area (Å²) in [5.41, 5.74) is 0. The summed E-state index contributed by atoms with van der Waals surface area (Å²) in [6.07, 6.45) is -1.69. The molecule has 1 atom stereocenters. The SMILES string of the molecule is CC(=O)NC(CCC(=O)O)O[N+](=O)[O-]. The van der Waals surface area contributed by atoms with Crippen molar-refractivity contribution in [1.82, 2.24) is 5.32 Å². The Labute approximate surface area is 79.0 Å². The molecule has 0 aliphatic heterocycles. The smallest absolute Gasteiger partial charge is 0.303 e. The van der Waals surface area contributed by atoms with Crippen molar-refractivity contribution in [3.63, 3.8) is 0 Å². The van der Waals surface area contributed by atoms with E-state index < -0.39 is 23.2 Å². The van der Waals surface area contributed by atoms with Gasteiger partial charge in [-0.1, -0.05) is 0 Å². The maximum atomic E-state index is 10.5. The van der Waals surface area contributed by atoms with Crippen LogP contribution in [0.25, 0.3) is 0 Å². The van der Waals surface area contributed by atoms with E-state index in [2.05, 4.69) is 10.2 Å². The third kappa shape index (κ3) is 6.83. The molecule has 0 heterocycles. The molecule has 80 valence electrons. The number of amides is 1. The molecule has 1 amide bonds. The van der Waals surface area contributed by atoms with Crippen molar-refractivity contribution in [2.75, 3.05) is 0 Å². The third-order valence-corrected chi connectivity index (χ3v) is 1.20. The highest BCUT2D eigenvalue weighted by atomic mass is 17.0. The summed E-state index contributed by atoms with van der Waals surface area (Å²) in [5, 5.41) is 19.2. The first kappa shape index (κ1) is 12.1. The van der Waals surface area contributed by atoms with E-state index in [0.717, 1.165) is 6.92 Å². The molecule has 8 heteroatoms. The summed E-state index contributed by atoms with van der Waals surface area (Å²) in [5.74, 6) is -1.64. The van der Waals surface area contributed by atoms with Gasteiger partial charge in [-0.3, -0.25) is 14.4 Å². The van der Waals surface area contributed by atoms with Crippen LogP contribution in [0.2, 0.25) is 0 Å². The monoisotopic (exact) mass is 206 g/mol. The lowest BCUT2D eigenvalue weighted by atomic mass is 10.3. The summed E-state index contributed by atoms with van der Waals surface area (Å²) < 4.78 is 0. The minimum Gasteiger partial charge on any atom is -0.481 e. The summed E-state index contributed by atoms with van der Waals surface area (Å²) in [7, 11) is 0. The number of hydrogen-bond donors (Lipinski definition) is 2. The Morgan fingerprint density at radius 2 is 2.21 bits per heavy atom. The lowest BCUT2D eigenvalue weighted by Gasteiger charge is -2.13. The Kier molecular flexibility index (Phi) is 4.97. The fraction of sp³-hybridized carbons (Fsp3) is 0.667. The lowest BCUT2D eigenvalue weighted by Crippen LogP contribution is -2.37. The van der Waals surface area contributed by atoms with E-state index in [1.165, 1.54) is 0 Å². The van der Waals surface area contributed by atoms with Crippen LogP contribution in [0.3, 0.4) is 0 Å². The lowest BCUT2D eigenvalue weighted by molar-refractivity contribution is -0.769. The topological polar surface area (TPSA) is 119 Å². The predicted molar refractivity (Wildman–Crippen MR) is 42.6 cm³/mol. The van der Waals surface area contributed by atoms with Crippen molar-refractivity contribution in [2.24, 2.45) is 0 Å². The van der Waals surface area contributed by atoms with Crippen molar-refractivity contribution < 1.29 is 24.6 Å². The molecule has 0 rings (SSSR count). The number of nitrogens with one attached hydrogen (secondary N) is 1. The number of aliphatic carboxylic acids is 1. The Balaban J connectivity index is 4.03. The van der Waals surface area contributed by atoms with Crippen LogP contribution >= 0.6 is 0 Å². The van der Waals surface area contributed by atoms with Crippen LogP contribution in [-0.2, 0) is 14.4 Å². The molecule has 0 fully saturated rings. The van der Waals surface area contributed by atoms with Crippen molar-refractivity contribution in [3.8, 4) is 0 Å². The van der Waals surface area contributed by atoms with Crippen LogP contribution in [-0.4, -0.2) is 28.3 Å². The molecule has 0 aromatic heterocycles. The Hall–Kier alpha value is -1.86. The first-order chi connectivity index (χ1) is 6.41. The molecule has 1 unspecified atom stereocenters. The Morgan fingerprint density at radius 1 is 1.64 bits per heavy atom. The van der Waals surface area contributed by atoms with Gasteiger partial charge in [0, 0.05) is 19.8 Å². The van der Waals surface area contributed by atoms with Gasteiger partial charge in [-0.25, -0.2) is 0 Å². The molecule has 2 N–H and O–H groups in total. The van der Waals surface area contributed by atoms with Crippen LogP contribution in [0, 0.1) is 10.1 Å². The number of carboxylic acid groups (broad SMARTS) is 1. The molecule has 0 radical (unpaired) electrons. The van der Waals surface area contributed by atoms with E-state index in [9.17, 15) is 19.7 Å². The highest BCUT2D eigenvalue weighted by Crippen LogP contribution is 1.99. The molecular formula is C6H10N2O6. The van der Waals surface area contributed by atoms with Crippen molar-refractivity contribution in [3.05, 3.63) is 10.1 Å². The molecule has 8 nitrogen and oxygen atoms in total. The molecule has 0 bridgehead atoms. The molecule has 0 saturated heterocycles. The van der Waals surface area contributed by atoms with E-state index in [1.54, 1.807) is 0 Å². The number of carboxylic acids is 1. The average molecular weight is 206 g/mol. The van der Waals surface area contributed by atoms with E-state index in [1.807, 2.05) is 0 Å². The maximum absolute atomic E-state index is 10.5. The number of hydrogen-bond acceptors (Lipinski definition) is 5. The minimum absolute atomic E-state index is 0.157. The van der Waals surface area contributed by atoms with Crippen LogP contribution in [0.5, 0.6) is 0 Å². The Morgan fingerprint density at radius 3 is 2.57 bits per heavy atom. The van der Waals surface area contributed by atoms with E-state index in [-0.39, 0.29) is 12.8 Å². The molecule has 0 aliphatic rings. The van der Waals surface area contributed by atoms with Crippen LogP contribution < -0.4 is 5.32 Å². The second kappa shape index (κ2) is 5.73. The van der Waals surface area contributed by atoms with Gasteiger partial charge in [-0.2, -0.15) is 0 Å². The van der Waals surface area contributed by atoms with Crippen molar-refractivity contribution in [1.29, 1.82) is 0 Å². The zero-order valence-corrected chi connectivity index (χ0v) is 7.43. The maximum Gasteiger partial charge on any atom is 0.303 e. The van der Waals surface area contributed by atoms with Crippen LogP contribution in [0.1, 0.15) is 19.8 Å². The number of nitrogens with zero attached hydrogens (tertiary/aromatic N) is 1. The van der Waals surface area contributed by atoms with Crippen molar-refractivity contribution >= 4 is 11.9 Å². The van der Waals surface area contributed by atoms with Crippen molar-refractivity contribution in [2.45, 2.75) is 26.0 Å². The van der Waals surface area contributed by atoms with Crippen LogP contribution in [0.4, 0.5) is 0 Å². The van der Waals surface area contributed by atoms with Gasteiger partial charge in [-0.05, 0) is 0 Å². The highest BCUT2D eigenvalue weighted by molar-refractivity contribution is 5.73. The largest absolute Gasteiger partial charge is 0.481 e. The molecule has 0 aliphatic carbocycles. The number of rotatable bonds is 6. The van der Waals surface area contributed by atoms with Gasteiger partial charge >= 0.3 is 5.97 Å². The molecular weight excluding hydrogens is 196 g/mol. The summed E-state index contributed by atoms with van der Waals surface area (Å²) >= 11 is 0. The second-order valence-electron chi connectivity index (χ2n) is 2.45. The van der Waals surface area contributed by atoms with Gasteiger partial charge in [0.1, 0.15) is 0 Å². The number of carbonyl (C=O) groups is 2. The first-order valence-corrected chi connectivity index (χ1v) is 3.72. The van der Waals surface area contributed by atoms with Gasteiger partial charge in [-0.15, -0.1) is 10.1 Å². The van der Waals surface area contributed by atoms with Gasteiger partial charge in [0.25, 0.3) is 5.09 Å². The third-order valence-electron chi connectivity index (χ3n) is 1.20. The number of carbonyl (C=O) groups excluding carboxylic acids is 1. The quantitative estimate of drug-likeness (QED) is 0.344. The first-order valence-electron chi connectivity index (χ1n) is 3.72. The predicted octanol–water partition coefficient (Wildman–Crippen LogP) is -0.478. The normalized spacial score (nSPS) is 11.5.